The molecule has 184 valence electrons. The predicted octanol–water partition coefficient (Wildman–Crippen LogP) is 5.25. The number of nitrogens with zero attached hydrogens (tertiary/aromatic N) is 3. The third kappa shape index (κ3) is 5.65. The van der Waals surface area contributed by atoms with Crippen LogP contribution in [0.1, 0.15) is 67.6 Å². The monoisotopic (exact) mass is 470 g/mol. The molecular weight excluding hydrogens is 432 g/mol. The quantitative estimate of drug-likeness (QED) is 0.237. The minimum Gasteiger partial charge on any atom is -0.398 e. The molecule has 4 rings (SSSR count). The first-order chi connectivity index (χ1) is 17.0. The normalized spacial score (nSPS) is 17.9. The molecule has 2 unspecified atom stereocenters. The van der Waals surface area contributed by atoms with Gasteiger partial charge < -0.3 is 16.8 Å². The van der Waals surface area contributed by atoms with Crippen molar-refractivity contribution < 1.29 is 0 Å². The van der Waals surface area contributed by atoms with E-state index in [-0.39, 0.29) is 6.04 Å². The van der Waals surface area contributed by atoms with Crippen molar-refractivity contribution in [3.05, 3.63) is 83.5 Å². The van der Waals surface area contributed by atoms with E-state index in [0.29, 0.717) is 17.4 Å². The highest BCUT2D eigenvalue weighted by atomic mass is 15.1. The molecule has 1 aromatic heterocycles. The van der Waals surface area contributed by atoms with Crippen LogP contribution in [-0.4, -0.2) is 29.0 Å². The van der Waals surface area contributed by atoms with Gasteiger partial charge in [-0.25, -0.2) is 4.98 Å². The zero-order chi connectivity index (χ0) is 24.8. The number of imidazole rings is 1. The van der Waals surface area contributed by atoms with Crippen LogP contribution in [0.2, 0.25) is 0 Å². The second kappa shape index (κ2) is 11.4. The SMILES string of the molecule is C=C(/C=C(\C=C/C)CC(CCCNC)CC1N=C(N)c2c(N)cccc21)n1cnc2c1C=CCC2. The summed E-state index contributed by atoms with van der Waals surface area (Å²) in [7, 11) is 2.01. The second-order valence-electron chi connectivity index (χ2n) is 9.49. The minimum absolute atomic E-state index is 0.0500. The van der Waals surface area contributed by atoms with Gasteiger partial charge in [-0.3, -0.25) is 9.56 Å². The highest BCUT2D eigenvalue weighted by Gasteiger charge is 2.28. The van der Waals surface area contributed by atoms with Crippen LogP contribution in [0.25, 0.3) is 11.8 Å². The Balaban J connectivity index is 1.55. The number of amidine groups is 1. The third-order valence-corrected chi connectivity index (χ3v) is 6.91. The summed E-state index contributed by atoms with van der Waals surface area (Å²) in [5, 5.41) is 3.28. The van der Waals surface area contributed by atoms with E-state index in [1.165, 1.54) is 5.57 Å². The Hall–Kier alpha value is -3.38. The number of rotatable bonds is 11. The molecule has 2 aliphatic rings. The molecule has 0 spiro atoms. The van der Waals surface area contributed by atoms with Crippen LogP contribution in [0.5, 0.6) is 0 Å². The maximum atomic E-state index is 6.27. The van der Waals surface area contributed by atoms with E-state index in [4.69, 9.17) is 16.5 Å². The fourth-order valence-electron chi connectivity index (χ4n) is 5.24. The predicted molar refractivity (Wildman–Crippen MR) is 148 cm³/mol. The molecule has 5 N–H and O–H groups in total. The first-order valence-corrected chi connectivity index (χ1v) is 12.6. The van der Waals surface area contributed by atoms with Crippen LogP contribution in [-0.2, 0) is 6.42 Å². The second-order valence-corrected chi connectivity index (χ2v) is 9.49. The number of aryl methyl sites for hydroxylation is 1. The van der Waals surface area contributed by atoms with E-state index in [2.05, 4.69) is 64.8 Å². The number of aromatic nitrogens is 2. The summed E-state index contributed by atoms with van der Waals surface area (Å²) in [5.41, 5.74) is 19.8. The summed E-state index contributed by atoms with van der Waals surface area (Å²) in [4.78, 5) is 9.42. The van der Waals surface area contributed by atoms with E-state index < -0.39 is 0 Å². The molecule has 6 nitrogen and oxygen atoms in total. The van der Waals surface area contributed by atoms with Crippen molar-refractivity contribution in [2.75, 3.05) is 19.3 Å². The van der Waals surface area contributed by atoms with E-state index in [1.54, 1.807) is 0 Å². The van der Waals surface area contributed by atoms with Gasteiger partial charge in [0.2, 0.25) is 0 Å². The zero-order valence-corrected chi connectivity index (χ0v) is 21.0. The molecule has 2 heterocycles. The molecule has 35 heavy (non-hydrogen) atoms. The lowest BCUT2D eigenvalue weighted by molar-refractivity contribution is 0.401. The topological polar surface area (TPSA) is 94.2 Å². The van der Waals surface area contributed by atoms with Crippen molar-refractivity contribution in [3.8, 4) is 0 Å². The van der Waals surface area contributed by atoms with Gasteiger partial charge >= 0.3 is 0 Å². The average Bonchev–Trinajstić information content (AvgIpc) is 3.41. The number of nitrogens with one attached hydrogen (secondary N) is 1. The first-order valence-electron chi connectivity index (χ1n) is 12.6. The molecule has 0 fully saturated rings. The number of nitrogen functional groups attached to an aromatic ring is 1. The molecule has 0 saturated heterocycles. The van der Waals surface area contributed by atoms with Crippen LogP contribution in [0.3, 0.4) is 0 Å². The number of fused-ring (bicyclic) bond motifs is 2. The molecular formula is C29H38N6. The van der Waals surface area contributed by atoms with E-state index in [9.17, 15) is 0 Å². The summed E-state index contributed by atoms with van der Waals surface area (Å²) >= 11 is 0. The van der Waals surface area contributed by atoms with Crippen LogP contribution in [0, 0.1) is 5.92 Å². The summed E-state index contributed by atoms with van der Waals surface area (Å²) in [6, 6.07) is 6.07. The number of allylic oxidation sites excluding steroid dienone is 6. The largest absolute Gasteiger partial charge is 0.398 e. The van der Waals surface area contributed by atoms with Crippen LogP contribution >= 0.6 is 0 Å². The van der Waals surface area contributed by atoms with Crippen molar-refractivity contribution in [2.24, 2.45) is 16.6 Å². The van der Waals surface area contributed by atoms with Crippen molar-refractivity contribution in [2.45, 2.75) is 51.5 Å². The Labute approximate surface area is 209 Å². The van der Waals surface area contributed by atoms with Gasteiger partial charge in [0.15, 0.2) is 0 Å². The Morgan fingerprint density at radius 1 is 1.34 bits per heavy atom. The standard InChI is InChI=1S/C29H38N6/c1-4-9-21(16-20(2)35-19-33-25-13-5-6-14-27(25)35)17-22(10-8-15-32-3)18-26-23-11-7-12-24(30)28(23)29(31)34-26/h4,6-7,9,11-12,14,16,19,22,26,32H,2,5,8,10,13,15,17-18,30H2,1,3H3,(H2,31,34)/b9-4-,21-16+. The molecule has 0 radical (unpaired) electrons. The van der Waals surface area contributed by atoms with Gasteiger partial charge in [0.05, 0.1) is 23.8 Å². The van der Waals surface area contributed by atoms with Crippen molar-refractivity contribution in [1.82, 2.24) is 14.9 Å². The average molecular weight is 471 g/mol. The molecule has 1 aliphatic carbocycles. The lowest BCUT2D eigenvalue weighted by Crippen LogP contribution is -2.12. The van der Waals surface area contributed by atoms with Gasteiger partial charge in [0.25, 0.3) is 0 Å². The van der Waals surface area contributed by atoms with Crippen LogP contribution in [0.4, 0.5) is 5.69 Å². The van der Waals surface area contributed by atoms with E-state index in [1.807, 2.05) is 25.5 Å². The fourth-order valence-corrected chi connectivity index (χ4v) is 5.24. The fraction of sp³-hybridized carbons (Fsp3) is 0.379. The number of hydrogen-bond donors (Lipinski definition) is 3. The van der Waals surface area contributed by atoms with Gasteiger partial charge in [-0.2, -0.15) is 0 Å². The molecule has 1 aliphatic heterocycles. The van der Waals surface area contributed by atoms with Gasteiger partial charge in [0, 0.05) is 16.9 Å². The Morgan fingerprint density at radius 2 is 2.20 bits per heavy atom. The van der Waals surface area contributed by atoms with Gasteiger partial charge in [-0.05, 0) is 94.3 Å². The number of anilines is 1. The van der Waals surface area contributed by atoms with Gasteiger partial charge in [-0.1, -0.05) is 36.9 Å². The van der Waals surface area contributed by atoms with Gasteiger partial charge in [-0.15, -0.1) is 0 Å². The maximum Gasteiger partial charge on any atom is 0.128 e. The number of hydrogen-bond acceptors (Lipinski definition) is 5. The number of aliphatic imine (C=N–C) groups is 1. The summed E-state index contributed by atoms with van der Waals surface area (Å²) in [5.74, 6) is 1.01. The molecule has 2 aromatic rings. The smallest absolute Gasteiger partial charge is 0.128 e. The zero-order valence-electron chi connectivity index (χ0n) is 21.0. The Morgan fingerprint density at radius 3 is 3.00 bits per heavy atom. The molecule has 0 amide bonds. The third-order valence-electron chi connectivity index (χ3n) is 6.91. The maximum absolute atomic E-state index is 6.27. The lowest BCUT2D eigenvalue weighted by Gasteiger charge is -2.21. The molecule has 2 atom stereocenters. The van der Waals surface area contributed by atoms with E-state index >= 15 is 0 Å². The highest BCUT2D eigenvalue weighted by molar-refractivity contribution is 6.05. The minimum atomic E-state index is 0.0500. The van der Waals surface area contributed by atoms with Gasteiger partial charge in [0.1, 0.15) is 5.84 Å². The highest BCUT2D eigenvalue weighted by Crippen LogP contribution is 2.38. The molecule has 1 aromatic carbocycles. The van der Waals surface area contributed by atoms with Crippen molar-refractivity contribution in [3.63, 3.8) is 0 Å². The summed E-state index contributed by atoms with van der Waals surface area (Å²) < 4.78 is 2.10. The van der Waals surface area contributed by atoms with Crippen LogP contribution < -0.4 is 16.8 Å². The molecule has 0 saturated carbocycles. The van der Waals surface area contributed by atoms with Crippen molar-refractivity contribution >= 4 is 23.3 Å². The van der Waals surface area contributed by atoms with Crippen LogP contribution in [0.15, 0.2) is 66.0 Å². The Kier molecular flexibility index (Phi) is 8.03. The first kappa shape index (κ1) is 24.7. The number of benzene rings is 1. The number of nitrogens with two attached hydrogens (primary N) is 2. The van der Waals surface area contributed by atoms with Crippen molar-refractivity contribution in [1.29, 1.82) is 0 Å². The lowest BCUT2D eigenvalue weighted by atomic mass is 9.86. The van der Waals surface area contributed by atoms with E-state index in [0.717, 1.165) is 73.3 Å². The Bertz CT molecular complexity index is 1180. The molecule has 6 heteroatoms. The summed E-state index contributed by atoms with van der Waals surface area (Å²) in [6.45, 7) is 7.44. The summed E-state index contributed by atoms with van der Waals surface area (Å²) in [6.07, 6.45) is 18.9. The molecule has 0 bridgehead atoms.